The number of nitrogens with zero attached hydrogens (tertiary/aromatic N) is 3. The van der Waals surface area contributed by atoms with Gasteiger partial charge in [0.1, 0.15) is 11.0 Å². The Labute approximate surface area is 137 Å². The Bertz CT molecular complexity index is 731. The van der Waals surface area contributed by atoms with Crippen LogP contribution < -0.4 is 0 Å². The Hall–Kier alpha value is -2.41. The van der Waals surface area contributed by atoms with Crippen LogP contribution in [0.3, 0.4) is 0 Å². The summed E-state index contributed by atoms with van der Waals surface area (Å²) in [5.74, 6) is -1.06. The first-order valence-corrected chi connectivity index (χ1v) is 7.16. The molecular formula is C15H15ClFN3O3. The van der Waals surface area contributed by atoms with Gasteiger partial charge in [-0.25, -0.2) is 13.9 Å². The van der Waals surface area contributed by atoms with Crippen LogP contribution in [0, 0.1) is 5.82 Å². The van der Waals surface area contributed by atoms with Crippen molar-refractivity contribution in [3.05, 3.63) is 52.5 Å². The van der Waals surface area contributed by atoms with Gasteiger partial charge in [-0.3, -0.25) is 4.98 Å². The molecule has 0 aliphatic carbocycles. The molecule has 0 aliphatic heterocycles. The summed E-state index contributed by atoms with van der Waals surface area (Å²) < 4.78 is 24.4. The maximum Gasteiger partial charge on any atom is 0.359 e. The highest BCUT2D eigenvalue weighted by atomic mass is 35.5. The van der Waals surface area contributed by atoms with Gasteiger partial charge in [0, 0.05) is 11.8 Å². The molecule has 0 fully saturated rings. The normalized spacial score (nSPS) is 11.0. The molecule has 122 valence electrons. The average Bonchev–Trinajstić information content (AvgIpc) is 2.82. The van der Waals surface area contributed by atoms with E-state index >= 15 is 0 Å². The van der Waals surface area contributed by atoms with Crippen molar-refractivity contribution in [3.63, 3.8) is 0 Å². The lowest BCUT2D eigenvalue weighted by Crippen LogP contribution is -2.09. The summed E-state index contributed by atoms with van der Waals surface area (Å²) in [7, 11) is 1.47. The van der Waals surface area contributed by atoms with Crippen LogP contribution in [0.25, 0.3) is 6.08 Å². The maximum absolute atomic E-state index is 13.2. The number of hydrogen-bond acceptors (Lipinski definition) is 5. The van der Waals surface area contributed by atoms with Gasteiger partial charge >= 0.3 is 5.97 Å². The van der Waals surface area contributed by atoms with Gasteiger partial charge in [-0.1, -0.05) is 11.6 Å². The van der Waals surface area contributed by atoms with E-state index in [9.17, 15) is 9.18 Å². The minimum absolute atomic E-state index is 0.0644. The number of halogens is 2. The minimum Gasteiger partial charge on any atom is -0.504 e. The third-order valence-corrected chi connectivity index (χ3v) is 3.26. The van der Waals surface area contributed by atoms with Crippen molar-refractivity contribution in [1.82, 2.24) is 14.8 Å². The predicted octanol–water partition coefficient (Wildman–Crippen LogP) is 2.91. The SMILES string of the molecule is CCOC(=O)c1nn(Cc2cncc(F)c2)c(Cl)c1/C=C/OC. The molecule has 2 aromatic heterocycles. The van der Waals surface area contributed by atoms with E-state index in [0.29, 0.717) is 11.1 Å². The molecule has 0 bridgehead atoms. The predicted molar refractivity (Wildman–Crippen MR) is 82.5 cm³/mol. The summed E-state index contributed by atoms with van der Waals surface area (Å²) in [4.78, 5) is 15.8. The molecule has 2 heterocycles. The number of methoxy groups -OCH3 is 1. The summed E-state index contributed by atoms with van der Waals surface area (Å²) in [5.41, 5.74) is 0.998. The van der Waals surface area contributed by atoms with Gasteiger partial charge in [-0.15, -0.1) is 0 Å². The first-order chi connectivity index (χ1) is 11.1. The quantitative estimate of drug-likeness (QED) is 0.598. The molecule has 0 aliphatic rings. The average molecular weight is 340 g/mol. The van der Waals surface area contributed by atoms with Gasteiger partial charge < -0.3 is 9.47 Å². The lowest BCUT2D eigenvalue weighted by atomic mass is 10.2. The summed E-state index contributed by atoms with van der Waals surface area (Å²) in [6.45, 7) is 2.07. The van der Waals surface area contributed by atoms with Gasteiger partial charge in [0.05, 0.1) is 32.7 Å². The highest BCUT2D eigenvalue weighted by molar-refractivity contribution is 6.31. The molecule has 0 unspecified atom stereocenters. The number of esters is 1. The van der Waals surface area contributed by atoms with Gasteiger partial charge in [0.15, 0.2) is 5.69 Å². The van der Waals surface area contributed by atoms with Crippen molar-refractivity contribution >= 4 is 23.6 Å². The molecule has 0 spiro atoms. The van der Waals surface area contributed by atoms with Crippen LogP contribution >= 0.6 is 11.6 Å². The second kappa shape index (κ2) is 7.73. The summed E-state index contributed by atoms with van der Waals surface area (Å²) in [6, 6.07) is 1.32. The monoisotopic (exact) mass is 339 g/mol. The number of carbonyl (C=O) groups excluding carboxylic acids is 1. The fourth-order valence-electron chi connectivity index (χ4n) is 1.91. The van der Waals surface area contributed by atoms with E-state index in [2.05, 4.69) is 10.1 Å². The first kappa shape index (κ1) is 17.0. The molecular weight excluding hydrogens is 325 g/mol. The number of ether oxygens (including phenoxy) is 2. The molecule has 2 aromatic rings. The van der Waals surface area contributed by atoms with Crippen molar-refractivity contribution in [1.29, 1.82) is 0 Å². The van der Waals surface area contributed by atoms with Crippen LogP contribution in [0.15, 0.2) is 24.7 Å². The van der Waals surface area contributed by atoms with E-state index in [1.807, 2.05) is 0 Å². The molecule has 0 saturated heterocycles. The number of carbonyl (C=O) groups is 1. The zero-order chi connectivity index (χ0) is 16.8. The van der Waals surface area contributed by atoms with Crippen LogP contribution in [0.5, 0.6) is 0 Å². The lowest BCUT2D eigenvalue weighted by molar-refractivity contribution is 0.0518. The molecule has 8 heteroatoms. The van der Waals surface area contributed by atoms with Crippen LogP contribution in [-0.4, -0.2) is 34.5 Å². The van der Waals surface area contributed by atoms with E-state index in [1.165, 1.54) is 36.4 Å². The third kappa shape index (κ3) is 4.07. The van der Waals surface area contributed by atoms with Gasteiger partial charge in [-0.05, 0) is 24.6 Å². The molecule has 0 atom stereocenters. The minimum atomic E-state index is -0.596. The van der Waals surface area contributed by atoms with Gasteiger partial charge in [0.2, 0.25) is 0 Å². The summed E-state index contributed by atoms with van der Waals surface area (Å²) in [5, 5.41) is 4.37. The Morgan fingerprint density at radius 2 is 2.26 bits per heavy atom. The van der Waals surface area contributed by atoms with Crippen molar-refractivity contribution in [2.24, 2.45) is 0 Å². The molecule has 0 N–H and O–H groups in total. The number of hydrogen-bond donors (Lipinski definition) is 0. The molecule has 23 heavy (non-hydrogen) atoms. The van der Waals surface area contributed by atoms with Gasteiger partial charge in [-0.2, -0.15) is 5.10 Å². The van der Waals surface area contributed by atoms with Crippen LogP contribution in [-0.2, 0) is 16.0 Å². The smallest absolute Gasteiger partial charge is 0.359 e. The summed E-state index contributed by atoms with van der Waals surface area (Å²) >= 11 is 6.27. The maximum atomic E-state index is 13.2. The van der Waals surface area contributed by atoms with Crippen LogP contribution in [0.2, 0.25) is 5.15 Å². The zero-order valence-electron chi connectivity index (χ0n) is 12.6. The topological polar surface area (TPSA) is 66.2 Å². The van der Waals surface area contributed by atoms with Crippen molar-refractivity contribution in [2.75, 3.05) is 13.7 Å². The third-order valence-electron chi connectivity index (χ3n) is 2.86. The molecule has 0 radical (unpaired) electrons. The Kier molecular flexibility index (Phi) is 5.70. The standard InChI is InChI=1S/C15H15ClFN3O3/c1-3-23-15(21)13-12(4-5-22-2)14(16)20(19-13)9-10-6-11(17)8-18-7-10/h4-8H,3,9H2,1-2H3/b5-4+. The molecule has 0 saturated carbocycles. The zero-order valence-corrected chi connectivity index (χ0v) is 13.4. The van der Waals surface area contributed by atoms with E-state index in [1.54, 1.807) is 6.92 Å². The van der Waals surface area contributed by atoms with Crippen LogP contribution in [0.4, 0.5) is 4.39 Å². The summed E-state index contributed by atoms with van der Waals surface area (Å²) in [6.07, 6.45) is 5.49. The second-order valence-corrected chi connectivity index (χ2v) is 4.84. The Balaban J connectivity index is 2.40. The highest BCUT2D eigenvalue weighted by Crippen LogP contribution is 2.23. The highest BCUT2D eigenvalue weighted by Gasteiger charge is 2.21. The molecule has 6 nitrogen and oxygen atoms in total. The number of aromatic nitrogens is 3. The number of rotatable bonds is 6. The Morgan fingerprint density at radius 3 is 2.91 bits per heavy atom. The van der Waals surface area contributed by atoms with E-state index in [-0.39, 0.29) is 24.0 Å². The molecule has 2 rings (SSSR count). The Morgan fingerprint density at radius 1 is 1.48 bits per heavy atom. The fraction of sp³-hybridized carbons (Fsp3) is 0.267. The van der Waals surface area contributed by atoms with Crippen molar-refractivity contribution in [2.45, 2.75) is 13.5 Å². The number of pyridine rings is 1. The molecule has 0 amide bonds. The second-order valence-electron chi connectivity index (χ2n) is 4.48. The first-order valence-electron chi connectivity index (χ1n) is 6.79. The fourth-order valence-corrected chi connectivity index (χ4v) is 2.16. The van der Waals surface area contributed by atoms with E-state index < -0.39 is 11.8 Å². The van der Waals surface area contributed by atoms with Crippen LogP contribution in [0.1, 0.15) is 28.5 Å². The van der Waals surface area contributed by atoms with Crippen molar-refractivity contribution < 1.29 is 18.7 Å². The molecule has 0 aromatic carbocycles. The van der Waals surface area contributed by atoms with Crippen molar-refractivity contribution in [3.8, 4) is 0 Å². The van der Waals surface area contributed by atoms with E-state index in [0.717, 1.165) is 6.20 Å². The van der Waals surface area contributed by atoms with E-state index in [4.69, 9.17) is 21.1 Å². The largest absolute Gasteiger partial charge is 0.504 e. The lowest BCUT2D eigenvalue weighted by Gasteiger charge is -2.03. The van der Waals surface area contributed by atoms with Gasteiger partial charge in [0.25, 0.3) is 0 Å².